The molecular formula is C25H23N3O4S. The number of ether oxygens (including phenoxy) is 2. The Morgan fingerprint density at radius 2 is 1.70 bits per heavy atom. The smallest absolute Gasteiger partial charge is 0.335 e. The molecule has 4 rings (SSSR count). The minimum atomic E-state index is -0.957. The summed E-state index contributed by atoms with van der Waals surface area (Å²) in [6.45, 7) is 4.01. The van der Waals surface area contributed by atoms with Gasteiger partial charge in [-0.25, -0.2) is 14.8 Å². The van der Waals surface area contributed by atoms with E-state index in [1.165, 1.54) is 11.3 Å². The molecule has 2 heterocycles. The number of benzene rings is 2. The van der Waals surface area contributed by atoms with Gasteiger partial charge in [0, 0.05) is 16.9 Å². The van der Waals surface area contributed by atoms with E-state index in [0.29, 0.717) is 11.6 Å². The maximum atomic E-state index is 11.1. The lowest BCUT2D eigenvalue weighted by Gasteiger charge is -2.13. The monoisotopic (exact) mass is 461 g/mol. The molecule has 0 aliphatic carbocycles. The number of rotatable bonds is 8. The van der Waals surface area contributed by atoms with Gasteiger partial charge in [-0.2, -0.15) is 0 Å². The van der Waals surface area contributed by atoms with Crippen molar-refractivity contribution in [2.45, 2.75) is 20.3 Å². The molecule has 0 aliphatic rings. The third-order valence-electron chi connectivity index (χ3n) is 5.04. The Morgan fingerprint density at radius 3 is 2.33 bits per heavy atom. The van der Waals surface area contributed by atoms with Crippen molar-refractivity contribution in [3.05, 3.63) is 77.5 Å². The predicted octanol–water partition coefficient (Wildman–Crippen LogP) is 6.32. The molecule has 0 spiro atoms. The number of thiophene rings is 1. The van der Waals surface area contributed by atoms with Crippen molar-refractivity contribution in [2.24, 2.45) is 0 Å². The van der Waals surface area contributed by atoms with Gasteiger partial charge in [0.1, 0.15) is 17.3 Å². The minimum absolute atomic E-state index is 0.235. The molecule has 0 amide bonds. The molecule has 0 saturated heterocycles. The van der Waals surface area contributed by atoms with Crippen molar-refractivity contribution < 1.29 is 19.4 Å². The third kappa shape index (κ3) is 5.12. The van der Waals surface area contributed by atoms with Crippen LogP contribution in [-0.2, 0) is 6.42 Å². The highest BCUT2D eigenvalue weighted by Crippen LogP contribution is 2.36. The number of anilines is 2. The van der Waals surface area contributed by atoms with E-state index >= 15 is 0 Å². The Hall–Kier alpha value is -3.91. The third-order valence-corrected chi connectivity index (χ3v) is 6.00. The Bertz CT molecular complexity index is 1270. The van der Waals surface area contributed by atoms with Crippen LogP contribution in [-0.4, -0.2) is 28.2 Å². The first-order valence-corrected chi connectivity index (χ1v) is 11.2. The van der Waals surface area contributed by atoms with Gasteiger partial charge >= 0.3 is 5.97 Å². The van der Waals surface area contributed by atoms with Crippen molar-refractivity contribution in [1.82, 2.24) is 9.97 Å². The Morgan fingerprint density at radius 1 is 1.00 bits per heavy atom. The first-order valence-electron chi connectivity index (χ1n) is 10.4. The highest BCUT2D eigenvalue weighted by Gasteiger charge is 2.15. The zero-order valence-electron chi connectivity index (χ0n) is 18.5. The summed E-state index contributed by atoms with van der Waals surface area (Å²) in [6, 6.07) is 17.8. The molecule has 7 nitrogen and oxygen atoms in total. The van der Waals surface area contributed by atoms with Crippen LogP contribution in [0.5, 0.6) is 16.6 Å². The summed E-state index contributed by atoms with van der Waals surface area (Å²) in [5, 5.41) is 13.2. The second kappa shape index (κ2) is 9.70. The number of hydrogen-bond acceptors (Lipinski definition) is 7. The highest BCUT2D eigenvalue weighted by atomic mass is 32.1. The molecule has 0 atom stereocenters. The van der Waals surface area contributed by atoms with E-state index in [0.717, 1.165) is 44.8 Å². The number of carbonyl (C=O) groups is 1. The number of nitrogens with one attached hydrogen (secondary N) is 1. The lowest BCUT2D eigenvalue weighted by molar-refractivity contribution is 0.0697. The van der Waals surface area contributed by atoms with Crippen molar-refractivity contribution >= 4 is 28.8 Å². The van der Waals surface area contributed by atoms with E-state index in [-0.39, 0.29) is 5.56 Å². The maximum Gasteiger partial charge on any atom is 0.335 e. The Balaban J connectivity index is 1.59. The maximum absolute atomic E-state index is 11.1. The van der Waals surface area contributed by atoms with Gasteiger partial charge in [-0.05, 0) is 74.0 Å². The second-order valence-corrected chi connectivity index (χ2v) is 8.26. The molecule has 33 heavy (non-hydrogen) atoms. The molecule has 2 N–H and O–H groups in total. The largest absolute Gasteiger partial charge is 0.497 e. The summed E-state index contributed by atoms with van der Waals surface area (Å²) >= 11 is 1.46. The summed E-state index contributed by atoms with van der Waals surface area (Å²) in [5.74, 6) is 1.83. The number of hydrogen-bond donors (Lipinski definition) is 2. The molecule has 2 aromatic heterocycles. The van der Waals surface area contributed by atoms with Crippen molar-refractivity contribution in [1.29, 1.82) is 0 Å². The highest BCUT2D eigenvalue weighted by molar-refractivity contribution is 7.17. The molecule has 168 valence electrons. The summed E-state index contributed by atoms with van der Waals surface area (Å²) in [4.78, 5) is 21.5. The number of aromatic nitrogens is 2. The number of nitrogens with zero attached hydrogens (tertiary/aromatic N) is 2. The summed E-state index contributed by atoms with van der Waals surface area (Å²) in [7, 11) is 1.63. The number of carboxylic acids is 1. The fraction of sp³-hybridized carbons (Fsp3) is 0.160. The zero-order chi connectivity index (χ0) is 23.4. The Kier molecular flexibility index (Phi) is 6.55. The SMILES string of the molecule is CCc1c(C)nc(-c2ccc(Oc3ccc(OC)cc3)s2)nc1Nc1ccc(C(=O)O)cc1. The first kappa shape index (κ1) is 22.3. The number of methoxy groups -OCH3 is 1. The van der Waals surface area contributed by atoms with Crippen LogP contribution in [0.4, 0.5) is 11.5 Å². The summed E-state index contributed by atoms with van der Waals surface area (Å²) in [5.41, 5.74) is 2.89. The minimum Gasteiger partial charge on any atom is -0.497 e. The normalized spacial score (nSPS) is 10.6. The number of aryl methyl sites for hydroxylation is 1. The molecule has 0 bridgehead atoms. The lowest BCUT2D eigenvalue weighted by atomic mass is 10.1. The van der Waals surface area contributed by atoms with Crippen molar-refractivity contribution in [2.75, 3.05) is 12.4 Å². The average Bonchev–Trinajstić information content (AvgIpc) is 3.28. The topological polar surface area (TPSA) is 93.6 Å². The zero-order valence-corrected chi connectivity index (χ0v) is 19.3. The standard InChI is InChI=1S/C25H23N3O4S/c1-4-20-15(2)26-24(28-23(20)27-17-7-5-16(6-8-17)25(29)30)21-13-14-22(33-21)32-19-11-9-18(31-3)10-12-19/h5-14H,4H2,1-3H3,(H,29,30)(H,26,27,28). The van der Waals surface area contributed by atoms with Gasteiger partial charge in [0.15, 0.2) is 10.9 Å². The van der Waals surface area contributed by atoms with Crippen LogP contribution < -0.4 is 14.8 Å². The predicted molar refractivity (Wildman–Crippen MR) is 129 cm³/mol. The van der Waals surface area contributed by atoms with Gasteiger partial charge in [0.25, 0.3) is 0 Å². The molecule has 8 heteroatoms. The average molecular weight is 462 g/mol. The van der Waals surface area contributed by atoms with Crippen molar-refractivity contribution in [3.63, 3.8) is 0 Å². The van der Waals surface area contributed by atoms with E-state index < -0.39 is 5.97 Å². The van der Waals surface area contributed by atoms with Crippen LogP contribution >= 0.6 is 11.3 Å². The fourth-order valence-corrected chi connectivity index (χ4v) is 4.13. The van der Waals surface area contributed by atoms with E-state index in [1.54, 1.807) is 31.4 Å². The molecular weight excluding hydrogens is 438 g/mol. The van der Waals surface area contributed by atoms with E-state index in [2.05, 4.69) is 12.2 Å². The van der Waals surface area contributed by atoms with Crippen LogP contribution in [0.15, 0.2) is 60.7 Å². The molecule has 0 fully saturated rings. The second-order valence-electron chi connectivity index (χ2n) is 7.22. The van der Waals surface area contributed by atoms with Gasteiger partial charge < -0.3 is 19.9 Å². The number of carboxylic acid groups (broad SMARTS) is 1. The fourth-order valence-electron chi connectivity index (χ4n) is 3.32. The number of aromatic carboxylic acids is 1. The van der Waals surface area contributed by atoms with Crippen LogP contribution in [0.2, 0.25) is 0 Å². The van der Waals surface area contributed by atoms with Gasteiger partial charge in [-0.1, -0.05) is 18.3 Å². The lowest BCUT2D eigenvalue weighted by Crippen LogP contribution is -2.05. The van der Waals surface area contributed by atoms with Crippen LogP contribution in [0, 0.1) is 6.92 Å². The molecule has 2 aromatic carbocycles. The van der Waals surface area contributed by atoms with Crippen LogP contribution in [0.3, 0.4) is 0 Å². The molecule has 0 unspecified atom stereocenters. The quantitative estimate of drug-likeness (QED) is 0.317. The molecule has 4 aromatic rings. The van der Waals surface area contributed by atoms with Crippen LogP contribution in [0.1, 0.15) is 28.5 Å². The van der Waals surface area contributed by atoms with Crippen LogP contribution in [0.25, 0.3) is 10.7 Å². The first-order chi connectivity index (χ1) is 16.0. The van der Waals surface area contributed by atoms with Crippen molar-refractivity contribution in [3.8, 4) is 27.3 Å². The van der Waals surface area contributed by atoms with E-state index in [4.69, 9.17) is 24.5 Å². The van der Waals surface area contributed by atoms with E-state index in [9.17, 15) is 4.79 Å². The molecule has 0 saturated carbocycles. The summed E-state index contributed by atoms with van der Waals surface area (Å²) in [6.07, 6.45) is 0.762. The summed E-state index contributed by atoms with van der Waals surface area (Å²) < 4.78 is 11.1. The van der Waals surface area contributed by atoms with Gasteiger partial charge in [-0.3, -0.25) is 0 Å². The van der Waals surface area contributed by atoms with Gasteiger partial charge in [-0.15, -0.1) is 0 Å². The van der Waals surface area contributed by atoms with E-state index in [1.807, 2.05) is 43.3 Å². The molecule has 0 radical (unpaired) electrons. The van der Waals surface area contributed by atoms with Gasteiger partial charge in [0.2, 0.25) is 0 Å². The molecule has 0 aliphatic heterocycles. The van der Waals surface area contributed by atoms with Gasteiger partial charge in [0.05, 0.1) is 17.6 Å². The Labute approximate surface area is 195 Å².